The van der Waals surface area contributed by atoms with Gasteiger partial charge < -0.3 is 10.5 Å². The van der Waals surface area contributed by atoms with Gasteiger partial charge in [0.1, 0.15) is 29.1 Å². The van der Waals surface area contributed by atoms with Crippen LogP contribution in [0.4, 0.5) is 5.82 Å². The van der Waals surface area contributed by atoms with Crippen molar-refractivity contribution in [3.05, 3.63) is 17.2 Å². The highest BCUT2D eigenvalue weighted by molar-refractivity contribution is 5.55. The van der Waals surface area contributed by atoms with Gasteiger partial charge in [0.15, 0.2) is 0 Å². The molecule has 0 aliphatic heterocycles. The largest absolute Gasteiger partial charge is 0.471 e. The summed E-state index contributed by atoms with van der Waals surface area (Å²) in [5, 5.41) is 17.6. The Hall–Kier alpha value is -2.27. The number of rotatable bonds is 1. The van der Waals surface area contributed by atoms with E-state index < -0.39 is 5.60 Å². The fourth-order valence-electron chi connectivity index (χ4n) is 1.05. The van der Waals surface area contributed by atoms with E-state index >= 15 is 0 Å². The Labute approximate surface area is 94.1 Å². The van der Waals surface area contributed by atoms with E-state index in [0.717, 1.165) is 0 Å². The smallest absolute Gasteiger partial charge is 0.234 e. The molecule has 1 heterocycles. The van der Waals surface area contributed by atoms with E-state index in [1.165, 1.54) is 6.07 Å². The van der Waals surface area contributed by atoms with Gasteiger partial charge in [-0.05, 0) is 26.8 Å². The number of anilines is 1. The minimum absolute atomic E-state index is 0.0701. The lowest BCUT2D eigenvalue weighted by Gasteiger charge is -2.21. The van der Waals surface area contributed by atoms with Crippen molar-refractivity contribution in [1.82, 2.24) is 4.98 Å². The number of ether oxygens (including phenoxy) is 1. The van der Waals surface area contributed by atoms with E-state index in [0.29, 0.717) is 0 Å². The fourth-order valence-corrected chi connectivity index (χ4v) is 1.05. The van der Waals surface area contributed by atoms with Crippen LogP contribution < -0.4 is 10.5 Å². The Bertz CT molecular complexity index is 488. The summed E-state index contributed by atoms with van der Waals surface area (Å²) in [6.45, 7) is 5.51. The van der Waals surface area contributed by atoms with Crippen molar-refractivity contribution in [3.8, 4) is 18.0 Å². The summed E-state index contributed by atoms with van der Waals surface area (Å²) in [5.74, 6) is 0.229. The van der Waals surface area contributed by atoms with E-state index in [2.05, 4.69) is 4.98 Å². The van der Waals surface area contributed by atoms with Crippen molar-refractivity contribution >= 4 is 5.82 Å². The molecular formula is C11H12N4O. The molecule has 0 fully saturated rings. The minimum atomic E-state index is -0.473. The number of nitriles is 2. The highest BCUT2D eigenvalue weighted by Crippen LogP contribution is 2.23. The average molecular weight is 216 g/mol. The summed E-state index contributed by atoms with van der Waals surface area (Å²) in [5.41, 5.74) is 5.47. The second kappa shape index (κ2) is 4.08. The lowest BCUT2D eigenvalue weighted by molar-refractivity contribution is 0.124. The molecule has 0 spiro atoms. The van der Waals surface area contributed by atoms with Crippen LogP contribution in [0.1, 0.15) is 31.9 Å². The van der Waals surface area contributed by atoms with Gasteiger partial charge >= 0.3 is 0 Å². The molecule has 2 N–H and O–H groups in total. The summed E-state index contributed by atoms with van der Waals surface area (Å²) in [7, 11) is 0. The first-order valence-corrected chi connectivity index (χ1v) is 4.67. The Balaban J connectivity index is 3.27. The maximum atomic E-state index is 8.91. The van der Waals surface area contributed by atoms with Gasteiger partial charge in [0.25, 0.3) is 0 Å². The first-order valence-electron chi connectivity index (χ1n) is 4.67. The standard InChI is InChI=1S/C11H12N4O/c1-11(2,3)16-10-8(6-13)4-7(5-12)9(14)15-10/h4H,1-3H3,(H2,14,15). The van der Waals surface area contributed by atoms with E-state index in [1.807, 2.05) is 32.9 Å². The average Bonchev–Trinajstić information content (AvgIpc) is 2.16. The Kier molecular flexibility index (Phi) is 3.01. The van der Waals surface area contributed by atoms with Gasteiger partial charge in [-0.3, -0.25) is 0 Å². The topological polar surface area (TPSA) is 95.7 Å². The summed E-state index contributed by atoms with van der Waals surface area (Å²) in [6.07, 6.45) is 0. The van der Waals surface area contributed by atoms with Crippen LogP contribution in [-0.2, 0) is 0 Å². The fraction of sp³-hybridized carbons (Fsp3) is 0.364. The monoisotopic (exact) mass is 216 g/mol. The Morgan fingerprint density at radius 2 is 1.81 bits per heavy atom. The Morgan fingerprint density at radius 3 is 2.25 bits per heavy atom. The van der Waals surface area contributed by atoms with Crippen molar-refractivity contribution in [3.63, 3.8) is 0 Å². The molecule has 5 nitrogen and oxygen atoms in total. The number of aromatic nitrogens is 1. The number of nitrogens with zero attached hydrogens (tertiary/aromatic N) is 3. The van der Waals surface area contributed by atoms with Crippen LogP contribution in [0.2, 0.25) is 0 Å². The SMILES string of the molecule is CC(C)(C)Oc1nc(N)c(C#N)cc1C#N. The molecule has 1 aromatic rings. The number of hydrogen-bond donors (Lipinski definition) is 1. The van der Waals surface area contributed by atoms with E-state index in [9.17, 15) is 0 Å². The van der Waals surface area contributed by atoms with E-state index in [-0.39, 0.29) is 22.8 Å². The molecule has 0 aliphatic rings. The zero-order chi connectivity index (χ0) is 12.3. The van der Waals surface area contributed by atoms with E-state index in [1.54, 1.807) is 0 Å². The molecule has 82 valence electrons. The number of nitrogens with two attached hydrogens (primary N) is 1. The zero-order valence-electron chi connectivity index (χ0n) is 9.40. The van der Waals surface area contributed by atoms with Gasteiger partial charge in [0.05, 0.1) is 5.56 Å². The molecule has 0 unspecified atom stereocenters. The molecule has 0 aromatic carbocycles. The van der Waals surface area contributed by atoms with Gasteiger partial charge in [0.2, 0.25) is 5.88 Å². The third-order valence-corrected chi connectivity index (χ3v) is 1.66. The van der Waals surface area contributed by atoms with Gasteiger partial charge in [0, 0.05) is 0 Å². The molecule has 0 aliphatic carbocycles. The van der Waals surface area contributed by atoms with Crippen molar-refractivity contribution in [2.45, 2.75) is 26.4 Å². The molecule has 1 rings (SSSR count). The Morgan fingerprint density at radius 1 is 1.25 bits per heavy atom. The molecule has 5 heteroatoms. The van der Waals surface area contributed by atoms with Crippen LogP contribution in [0.25, 0.3) is 0 Å². The third-order valence-electron chi connectivity index (χ3n) is 1.66. The predicted molar refractivity (Wildman–Crippen MR) is 58.5 cm³/mol. The first kappa shape index (κ1) is 11.8. The molecule has 1 aromatic heterocycles. The minimum Gasteiger partial charge on any atom is -0.471 e. The van der Waals surface area contributed by atoms with E-state index in [4.69, 9.17) is 21.0 Å². The van der Waals surface area contributed by atoms with Gasteiger partial charge in [-0.25, -0.2) is 0 Å². The highest BCUT2D eigenvalue weighted by atomic mass is 16.5. The molecule has 0 atom stereocenters. The summed E-state index contributed by atoms with van der Waals surface area (Å²) in [4.78, 5) is 3.91. The third kappa shape index (κ3) is 2.61. The highest BCUT2D eigenvalue weighted by Gasteiger charge is 2.17. The lowest BCUT2D eigenvalue weighted by Crippen LogP contribution is -2.24. The molecule has 0 saturated carbocycles. The summed E-state index contributed by atoms with van der Waals surface area (Å²) < 4.78 is 5.48. The first-order chi connectivity index (χ1) is 7.37. The molecule has 0 bridgehead atoms. The van der Waals surface area contributed by atoms with Crippen LogP contribution >= 0.6 is 0 Å². The van der Waals surface area contributed by atoms with Crippen LogP contribution in [-0.4, -0.2) is 10.6 Å². The second-order valence-electron chi connectivity index (χ2n) is 4.21. The van der Waals surface area contributed by atoms with Crippen LogP contribution in [0.5, 0.6) is 5.88 Å². The van der Waals surface area contributed by atoms with Crippen molar-refractivity contribution in [2.75, 3.05) is 5.73 Å². The molecular weight excluding hydrogens is 204 g/mol. The van der Waals surface area contributed by atoms with Crippen LogP contribution in [0, 0.1) is 22.7 Å². The second-order valence-corrected chi connectivity index (χ2v) is 4.21. The normalized spacial score (nSPS) is 10.3. The van der Waals surface area contributed by atoms with Gasteiger partial charge in [-0.2, -0.15) is 15.5 Å². The van der Waals surface area contributed by atoms with Gasteiger partial charge in [-0.15, -0.1) is 0 Å². The lowest BCUT2D eigenvalue weighted by atomic mass is 10.1. The molecule has 0 saturated heterocycles. The molecule has 0 amide bonds. The number of pyridine rings is 1. The maximum absolute atomic E-state index is 8.91. The van der Waals surface area contributed by atoms with Crippen molar-refractivity contribution in [1.29, 1.82) is 10.5 Å². The van der Waals surface area contributed by atoms with Crippen molar-refractivity contribution in [2.24, 2.45) is 0 Å². The molecule has 0 radical (unpaired) electrons. The predicted octanol–water partition coefficient (Wildman–Crippen LogP) is 1.58. The molecule has 16 heavy (non-hydrogen) atoms. The van der Waals surface area contributed by atoms with Crippen LogP contribution in [0.3, 0.4) is 0 Å². The maximum Gasteiger partial charge on any atom is 0.234 e. The summed E-state index contributed by atoms with van der Waals surface area (Å²) in [6, 6.07) is 5.17. The van der Waals surface area contributed by atoms with Crippen molar-refractivity contribution < 1.29 is 4.74 Å². The van der Waals surface area contributed by atoms with Crippen LogP contribution in [0.15, 0.2) is 6.07 Å². The zero-order valence-corrected chi connectivity index (χ0v) is 9.40. The van der Waals surface area contributed by atoms with Gasteiger partial charge in [-0.1, -0.05) is 0 Å². The number of hydrogen-bond acceptors (Lipinski definition) is 5. The number of nitrogen functional groups attached to an aromatic ring is 1. The summed E-state index contributed by atoms with van der Waals surface area (Å²) >= 11 is 0. The quantitative estimate of drug-likeness (QED) is 0.768.